The molecule has 1 rings (SSSR count). The predicted octanol–water partition coefficient (Wildman–Crippen LogP) is 2.27. The minimum atomic E-state index is -0.405. The van der Waals surface area contributed by atoms with Crippen molar-refractivity contribution in [1.29, 1.82) is 0 Å². The van der Waals surface area contributed by atoms with Gasteiger partial charge in [-0.1, -0.05) is 20.8 Å². The number of nitrogens with zero attached hydrogens (tertiary/aromatic N) is 1. The van der Waals surface area contributed by atoms with Crippen molar-refractivity contribution in [2.45, 2.75) is 52.6 Å². The second kappa shape index (κ2) is 4.19. The molecule has 1 aliphatic heterocycles. The number of piperidine rings is 1. The SMILES string of the molecule is CC(C)(C)CCN1CCC(C)(O)CC1. The molecule has 84 valence electrons. The van der Waals surface area contributed by atoms with Crippen LogP contribution in [-0.2, 0) is 0 Å². The fraction of sp³-hybridized carbons (Fsp3) is 1.00. The molecule has 2 heteroatoms. The summed E-state index contributed by atoms with van der Waals surface area (Å²) >= 11 is 0. The zero-order chi connectivity index (χ0) is 10.8. The maximum atomic E-state index is 9.79. The molecule has 0 aromatic heterocycles. The maximum absolute atomic E-state index is 9.79. The van der Waals surface area contributed by atoms with Crippen LogP contribution in [0.2, 0.25) is 0 Å². The van der Waals surface area contributed by atoms with Crippen molar-refractivity contribution < 1.29 is 5.11 Å². The molecule has 0 radical (unpaired) electrons. The lowest BCUT2D eigenvalue weighted by atomic mass is 9.90. The summed E-state index contributed by atoms with van der Waals surface area (Å²) in [6.45, 7) is 12.1. The average Bonchev–Trinajstić information content (AvgIpc) is 2.01. The first kappa shape index (κ1) is 12.0. The first-order valence-corrected chi connectivity index (χ1v) is 5.73. The van der Waals surface area contributed by atoms with E-state index in [1.807, 2.05) is 6.92 Å². The number of rotatable bonds is 2. The van der Waals surface area contributed by atoms with Crippen LogP contribution in [0.25, 0.3) is 0 Å². The molecule has 14 heavy (non-hydrogen) atoms. The molecule has 0 aliphatic carbocycles. The Hall–Kier alpha value is -0.0800. The van der Waals surface area contributed by atoms with E-state index >= 15 is 0 Å². The van der Waals surface area contributed by atoms with Crippen molar-refractivity contribution in [2.24, 2.45) is 5.41 Å². The molecule has 1 heterocycles. The van der Waals surface area contributed by atoms with Crippen molar-refractivity contribution in [3.8, 4) is 0 Å². The number of aliphatic hydroxyl groups is 1. The monoisotopic (exact) mass is 199 g/mol. The highest BCUT2D eigenvalue weighted by Gasteiger charge is 2.27. The standard InChI is InChI=1S/C12H25NO/c1-11(2,3)5-8-13-9-6-12(4,14)7-10-13/h14H,5-10H2,1-4H3. The Morgan fingerprint density at radius 3 is 2.14 bits per heavy atom. The van der Waals surface area contributed by atoms with E-state index in [4.69, 9.17) is 0 Å². The number of hydrogen-bond acceptors (Lipinski definition) is 2. The average molecular weight is 199 g/mol. The second-order valence-electron chi connectivity index (χ2n) is 6.15. The van der Waals surface area contributed by atoms with Gasteiger partial charge in [0.15, 0.2) is 0 Å². The molecule has 0 saturated carbocycles. The van der Waals surface area contributed by atoms with Gasteiger partial charge < -0.3 is 10.0 Å². The van der Waals surface area contributed by atoms with Gasteiger partial charge in [-0.05, 0) is 38.1 Å². The van der Waals surface area contributed by atoms with Gasteiger partial charge in [-0.2, -0.15) is 0 Å². The van der Waals surface area contributed by atoms with Gasteiger partial charge in [-0.3, -0.25) is 0 Å². The molecule has 0 unspecified atom stereocenters. The van der Waals surface area contributed by atoms with Crippen molar-refractivity contribution in [2.75, 3.05) is 19.6 Å². The quantitative estimate of drug-likeness (QED) is 0.737. The summed E-state index contributed by atoms with van der Waals surface area (Å²) < 4.78 is 0. The van der Waals surface area contributed by atoms with E-state index in [2.05, 4.69) is 25.7 Å². The minimum Gasteiger partial charge on any atom is -0.390 e. The summed E-state index contributed by atoms with van der Waals surface area (Å²) in [6.07, 6.45) is 3.10. The van der Waals surface area contributed by atoms with Crippen LogP contribution >= 0.6 is 0 Å². The largest absolute Gasteiger partial charge is 0.390 e. The molecule has 0 bridgehead atoms. The summed E-state index contributed by atoms with van der Waals surface area (Å²) in [5, 5.41) is 9.79. The van der Waals surface area contributed by atoms with Crippen molar-refractivity contribution in [3.05, 3.63) is 0 Å². The van der Waals surface area contributed by atoms with Crippen LogP contribution in [0.3, 0.4) is 0 Å². The molecule has 1 N–H and O–H groups in total. The van der Waals surface area contributed by atoms with Gasteiger partial charge in [-0.15, -0.1) is 0 Å². The van der Waals surface area contributed by atoms with Gasteiger partial charge in [0.25, 0.3) is 0 Å². The van der Waals surface area contributed by atoms with Gasteiger partial charge in [0.1, 0.15) is 0 Å². The van der Waals surface area contributed by atoms with Gasteiger partial charge in [0, 0.05) is 13.1 Å². The lowest BCUT2D eigenvalue weighted by Gasteiger charge is -2.36. The molecule has 2 nitrogen and oxygen atoms in total. The molecular weight excluding hydrogens is 174 g/mol. The molecule has 0 atom stereocenters. The molecule has 0 amide bonds. The topological polar surface area (TPSA) is 23.5 Å². The summed E-state index contributed by atoms with van der Waals surface area (Å²) in [5.41, 5.74) is 0.0260. The van der Waals surface area contributed by atoms with Crippen LogP contribution in [-0.4, -0.2) is 35.2 Å². The highest BCUT2D eigenvalue weighted by Crippen LogP contribution is 2.24. The van der Waals surface area contributed by atoms with Crippen molar-refractivity contribution >= 4 is 0 Å². The number of likely N-dealkylation sites (tertiary alicyclic amines) is 1. The van der Waals surface area contributed by atoms with Crippen LogP contribution in [0.5, 0.6) is 0 Å². The van der Waals surface area contributed by atoms with Gasteiger partial charge >= 0.3 is 0 Å². The molecule has 0 aromatic rings. The van der Waals surface area contributed by atoms with E-state index in [9.17, 15) is 5.11 Å². The third-order valence-electron chi connectivity index (χ3n) is 3.11. The van der Waals surface area contributed by atoms with Gasteiger partial charge in [0.2, 0.25) is 0 Å². The highest BCUT2D eigenvalue weighted by atomic mass is 16.3. The zero-order valence-electron chi connectivity index (χ0n) is 10.1. The van der Waals surface area contributed by atoms with E-state index in [0.717, 1.165) is 25.9 Å². The van der Waals surface area contributed by atoms with E-state index < -0.39 is 5.60 Å². The zero-order valence-corrected chi connectivity index (χ0v) is 10.1. The first-order valence-electron chi connectivity index (χ1n) is 5.73. The van der Waals surface area contributed by atoms with Crippen LogP contribution in [0.4, 0.5) is 0 Å². The molecule has 0 aromatic carbocycles. The smallest absolute Gasteiger partial charge is 0.0644 e. The minimum absolute atomic E-state index is 0.405. The van der Waals surface area contributed by atoms with Gasteiger partial charge in [0.05, 0.1) is 5.60 Å². The maximum Gasteiger partial charge on any atom is 0.0644 e. The van der Waals surface area contributed by atoms with E-state index in [0.29, 0.717) is 5.41 Å². The lowest BCUT2D eigenvalue weighted by Crippen LogP contribution is -2.43. The second-order valence-corrected chi connectivity index (χ2v) is 6.15. The molecule has 0 spiro atoms. The Labute approximate surface area is 88.3 Å². The fourth-order valence-electron chi connectivity index (χ4n) is 1.75. The Morgan fingerprint density at radius 1 is 1.21 bits per heavy atom. The summed E-state index contributed by atoms with van der Waals surface area (Å²) in [6, 6.07) is 0. The third kappa shape index (κ3) is 4.43. The van der Waals surface area contributed by atoms with E-state index in [1.165, 1.54) is 13.0 Å². The molecule has 1 fully saturated rings. The lowest BCUT2D eigenvalue weighted by molar-refractivity contribution is -0.00713. The Kier molecular flexibility index (Phi) is 3.59. The van der Waals surface area contributed by atoms with Crippen LogP contribution in [0.15, 0.2) is 0 Å². The summed E-state index contributed by atoms with van der Waals surface area (Å²) in [5.74, 6) is 0. The Balaban J connectivity index is 2.23. The van der Waals surface area contributed by atoms with Crippen LogP contribution < -0.4 is 0 Å². The van der Waals surface area contributed by atoms with E-state index in [-0.39, 0.29) is 0 Å². The normalized spacial score (nSPS) is 23.8. The predicted molar refractivity (Wildman–Crippen MR) is 60.4 cm³/mol. The van der Waals surface area contributed by atoms with Gasteiger partial charge in [-0.25, -0.2) is 0 Å². The first-order chi connectivity index (χ1) is 6.29. The highest BCUT2D eigenvalue weighted by molar-refractivity contribution is 4.82. The van der Waals surface area contributed by atoms with Crippen LogP contribution in [0, 0.1) is 5.41 Å². The summed E-state index contributed by atoms with van der Waals surface area (Å²) in [7, 11) is 0. The Morgan fingerprint density at radius 2 is 1.71 bits per heavy atom. The fourth-order valence-corrected chi connectivity index (χ4v) is 1.75. The Bertz CT molecular complexity index is 171. The molecular formula is C12H25NO. The van der Waals surface area contributed by atoms with Crippen molar-refractivity contribution in [1.82, 2.24) is 4.90 Å². The van der Waals surface area contributed by atoms with Crippen molar-refractivity contribution in [3.63, 3.8) is 0 Å². The molecule has 1 aliphatic rings. The summed E-state index contributed by atoms with van der Waals surface area (Å²) in [4.78, 5) is 2.48. The van der Waals surface area contributed by atoms with E-state index in [1.54, 1.807) is 0 Å². The van der Waals surface area contributed by atoms with Crippen LogP contribution in [0.1, 0.15) is 47.0 Å². The third-order valence-corrected chi connectivity index (χ3v) is 3.11. The molecule has 1 saturated heterocycles. The number of hydrogen-bond donors (Lipinski definition) is 1.